The van der Waals surface area contributed by atoms with Gasteiger partial charge >= 0.3 is 5.97 Å². The molecule has 0 N–H and O–H groups in total. The number of rotatable bonds is 5. The molecule has 0 atom stereocenters. The Labute approximate surface area is 185 Å². The summed E-state index contributed by atoms with van der Waals surface area (Å²) in [4.78, 5) is 29.0. The third kappa shape index (κ3) is 3.94. The Morgan fingerprint density at radius 2 is 2.00 bits per heavy atom. The maximum Gasteiger partial charge on any atom is 0.340 e. The van der Waals surface area contributed by atoms with Crippen LogP contribution >= 0.6 is 0 Å². The number of aromatic nitrogens is 3. The predicted octanol–water partition coefficient (Wildman–Crippen LogP) is 4.66. The minimum absolute atomic E-state index is 0.345. The van der Waals surface area contributed by atoms with Crippen LogP contribution in [0.4, 0.5) is 0 Å². The molecule has 0 unspecified atom stereocenters. The molecule has 0 aliphatic carbocycles. The number of nitrogens with zero attached hydrogens (tertiary/aromatic N) is 6. The Kier molecular flexibility index (Phi) is 5.22. The highest BCUT2D eigenvalue weighted by molar-refractivity contribution is 5.92. The molecule has 0 saturated heterocycles. The summed E-state index contributed by atoms with van der Waals surface area (Å²) in [6.07, 6.45) is 4.37. The van der Waals surface area contributed by atoms with Gasteiger partial charge in [-0.25, -0.2) is 4.79 Å². The smallest absolute Gasteiger partial charge is 0.340 e. The lowest BCUT2D eigenvalue weighted by atomic mass is 9.94. The maximum absolute atomic E-state index is 12.2. The zero-order chi connectivity index (χ0) is 23.1. The van der Waals surface area contributed by atoms with E-state index in [2.05, 4.69) is 20.0 Å². The van der Waals surface area contributed by atoms with Gasteiger partial charge in [-0.2, -0.15) is 0 Å². The number of carbonyl (C=O) groups excluding carboxylic acids is 1. The molecule has 0 fully saturated rings. The Bertz CT molecular complexity index is 1280. The third-order valence-electron chi connectivity index (χ3n) is 5.46. The second-order valence-electron chi connectivity index (χ2n) is 8.94. The van der Waals surface area contributed by atoms with E-state index in [1.807, 2.05) is 39.8 Å². The first-order valence-corrected chi connectivity index (χ1v) is 10.2. The fourth-order valence-electron chi connectivity index (χ4n) is 3.96. The van der Waals surface area contributed by atoms with Gasteiger partial charge in [-0.1, -0.05) is 5.11 Å². The SMILES string of the molecule is COc1cnc(C(C)(C)N=[N+]=[N-])c2cc(Cc3ccc4c(n3)CC(C)(C)OC4=O)ncc12. The van der Waals surface area contributed by atoms with Crippen molar-refractivity contribution < 1.29 is 14.3 Å². The van der Waals surface area contributed by atoms with Crippen LogP contribution < -0.4 is 4.74 Å². The number of cyclic esters (lactones) is 1. The van der Waals surface area contributed by atoms with Gasteiger partial charge in [0.05, 0.1) is 35.8 Å². The number of fused-ring (bicyclic) bond motifs is 2. The van der Waals surface area contributed by atoms with Gasteiger partial charge in [-0.3, -0.25) is 15.0 Å². The van der Waals surface area contributed by atoms with E-state index in [4.69, 9.17) is 20.0 Å². The van der Waals surface area contributed by atoms with E-state index in [1.54, 1.807) is 25.6 Å². The van der Waals surface area contributed by atoms with Gasteiger partial charge in [-0.15, -0.1) is 0 Å². The molecule has 9 nitrogen and oxygen atoms in total. The first-order chi connectivity index (χ1) is 15.1. The number of azide groups is 1. The van der Waals surface area contributed by atoms with Gasteiger partial charge in [-0.05, 0) is 51.4 Å². The van der Waals surface area contributed by atoms with Crippen molar-refractivity contribution in [3.63, 3.8) is 0 Å². The molecule has 0 amide bonds. The lowest BCUT2D eigenvalue weighted by Gasteiger charge is -2.30. The number of carbonyl (C=O) groups is 1. The summed E-state index contributed by atoms with van der Waals surface area (Å²) >= 11 is 0. The average molecular weight is 432 g/mol. The number of hydrogen-bond acceptors (Lipinski definition) is 7. The molecule has 0 radical (unpaired) electrons. The van der Waals surface area contributed by atoms with Crippen LogP contribution in [-0.4, -0.2) is 33.6 Å². The number of ether oxygens (including phenoxy) is 2. The largest absolute Gasteiger partial charge is 0.494 e. The molecule has 3 aromatic heterocycles. The van der Waals surface area contributed by atoms with E-state index in [1.165, 1.54) is 0 Å². The van der Waals surface area contributed by atoms with Crippen LogP contribution in [0, 0.1) is 0 Å². The van der Waals surface area contributed by atoms with E-state index < -0.39 is 11.1 Å². The average Bonchev–Trinajstić information content (AvgIpc) is 2.71. The summed E-state index contributed by atoms with van der Waals surface area (Å²) in [5.74, 6) is 0.245. The van der Waals surface area contributed by atoms with E-state index in [0.717, 1.165) is 27.9 Å². The molecular formula is C23H24N6O3. The second-order valence-corrected chi connectivity index (χ2v) is 8.94. The van der Waals surface area contributed by atoms with E-state index in [9.17, 15) is 4.79 Å². The van der Waals surface area contributed by atoms with Crippen LogP contribution in [0.15, 0.2) is 35.7 Å². The molecule has 32 heavy (non-hydrogen) atoms. The van der Waals surface area contributed by atoms with Crippen LogP contribution in [0.1, 0.15) is 60.8 Å². The number of methoxy groups -OCH3 is 1. The molecule has 1 aliphatic heterocycles. The summed E-state index contributed by atoms with van der Waals surface area (Å²) in [5, 5.41) is 5.50. The summed E-state index contributed by atoms with van der Waals surface area (Å²) < 4.78 is 10.9. The highest BCUT2D eigenvalue weighted by Gasteiger charge is 2.33. The van der Waals surface area contributed by atoms with Crippen molar-refractivity contribution in [3.8, 4) is 5.75 Å². The molecule has 0 spiro atoms. The van der Waals surface area contributed by atoms with Crippen molar-refractivity contribution in [1.82, 2.24) is 15.0 Å². The van der Waals surface area contributed by atoms with Crippen molar-refractivity contribution in [2.45, 2.75) is 51.7 Å². The Hall–Kier alpha value is -3.71. The van der Waals surface area contributed by atoms with Gasteiger partial charge in [0, 0.05) is 46.1 Å². The molecule has 4 rings (SSSR count). The zero-order valence-corrected chi connectivity index (χ0v) is 18.7. The van der Waals surface area contributed by atoms with Crippen molar-refractivity contribution in [2.75, 3.05) is 7.11 Å². The monoisotopic (exact) mass is 432 g/mol. The molecule has 0 saturated carbocycles. The summed E-state index contributed by atoms with van der Waals surface area (Å²) in [6.45, 7) is 7.38. The number of hydrogen-bond donors (Lipinski definition) is 0. The Morgan fingerprint density at radius 3 is 2.72 bits per heavy atom. The second kappa shape index (κ2) is 7.76. The van der Waals surface area contributed by atoms with Gasteiger partial charge in [0.25, 0.3) is 0 Å². The van der Waals surface area contributed by atoms with Crippen LogP contribution in [0.5, 0.6) is 5.75 Å². The molecular weight excluding hydrogens is 408 g/mol. The summed E-state index contributed by atoms with van der Waals surface area (Å²) in [6, 6.07) is 5.50. The van der Waals surface area contributed by atoms with Crippen LogP contribution in [-0.2, 0) is 23.1 Å². The van der Waals surface area contributed by atoms with E-state index in [-0.39, 0.29) is 5.97 Å². The van der Waals surface area contributed by atoms with Crippen molar-refractivity contribution in [3.05, 3.63) is 69.4 Å². The third-order valence-corrected chi connectivity index (χ3v) is 5.46. The van der Waals surface area contributed by atoms with Gasteiger partial charge in [0.2, 0.25) is 0 Å². The number of esters is 1. The molecule has 4 heterocycles. The maximum atomic E-state index is 12.2. The lowest BCUT2D eigenvalue weighted by Crippen LogP contribution is -2.36. The Balaban J connectivity index is 1.76. The topological polar surface area (TPSA) is 123 Å². The summed E-state index contributed by atoms with van der Waals surface area (Å²) in [5.41, 5.74) is 11.0. The van der Waals surface area contributed by atoms with Gasteiger partial charge in [0.1, 0.15) is 11.4 Å². The standard InChI is InChI=1S/C23H24N6O3/c1-22(2)10-18-15(21(30)32-22)7-6-13(27-18)8-14-9-16-17(11-25-14)19(31-5)12-26-20(16)23(3,4)28-29-24/h6-7,9,11-12H,8,10H2,1-5H3. The quantitative estimate of drug-likeness (QED) is 0.250. The van der Waals surface area contributed by atoms with Crippen molar-refractivity contribution in [2.24, 2.45) is 5.11 Å². The lowest BCUT2D eigenvalue weighted by molar-refractivity contribution is -0.00720. The molecule has 0 bridgehead atoms. The van der Waals surface area contributed by atoms with Gasteiger partial charge < -0.3 is 9.47 Å². The molecule has 0 aromatic carbocycles. The molecule has 9 heteroatoms. The first kappa shape index (κ1) is 21.5. The normalized spacial score (nSPS) is 15.0. The minimum atomic E-state index is -0.853. The van der Waals surface area contributed by atoms with Crippen LogP contribution in [0.2, 0.25) is 0 Å². The molecule has 164 valence electrons. The fraction of sp³-hybridized carbons (Fsp3) is 0.391. The van der Waals surface area contributed by atoms with Crippen LogP contribution in [0.25, 0.3) is 21.2 Å². The van der Waals surface area contributed by atoms with Crippen LogP contribution in [0.3, 0.4) is 0 Å². The summed E-state index contributed by atoms with van der Waals surface area (Å²) in [7, 11) is 1.58. The predicted molar refractivity (Wildman–Crippen MR) is 119 cm³/mol. The fourth-order valence-corrected chi connectivity index (χ4v) is 3.96. The first-order valence-electron chi connectivity index (χ1n) is 10.2. The Morgan fingerprint density at radius 1 is 1.22 bits per heavy atom. The highest BCUT2D eigenvalue weighted by Crippen LogP contribution is 2.34. The molecule has 1 aliphatic rings. The van der Waals surface area contributed by atoms with Crippen molar-refractivity contribution >= 4 is 16.7 Å². The zero-order valence-electron chi connectivity index (χ0n) is 18.7. The minimum Gasteiger partial charge on any atom is -0.494 e. The van der Waals surface area contributed by atoms with Crippen molar-refractivity contribution in [1.29, 1.82) is 0 Å². The molecule has 3 aromatic rings. The number of pyridine rings is 3. The van der Waals surface area contributed by atoms with E-state index in [0.29, 0.717) is 29.8 Å². The highest BCUT2D eigenvalue weighted by atomic mass is 16.6. The van der Waals surface area contributed by atoms with E-state index >= 15 is 0 Å². The van der Waals surface area contributed by atoms with Gasteiger partial charge in [0.15, 0.2) is 0 Å².